The average molecular weight is 445 g/mol. The monoisotopic (exact) mass is 444 g/mol. The number of hydrogen-bond donors (Lipinski definition) is 1. The molecular formula is C19H22ClFN2O3S2. The topological polar surface area (TPSA) is 66.5 Å². The summed E-state index contributed by atoms with van der Waals surface area (Å²) in [6, 6.07) is 10.7. The number of thioether (sulfide) groups is 1. The van der Waals surface area contributed by atoms with Crippen LogP contribution in [0.2, 0.25) is 5.02 Å². The number of carbonyl (C=O) groups excluding carboxylic acids is 1. The first kappa shape index (κ1) is 22.7. The number of sulfonamides is 1. The van der Waals surface area contributed by atoms with Gasteiger partial charge in [0.05, 0.1) is 10.3 Å². The Morgan fingerprint density at radius 2 is 1.82 bits per heavy atom. The van der Waals surface area contributed by atoms with E-state index >= 15 is 0 Å². The molecule has 0 aliphatic heterocycles. The highest BCUT2D eigenvalue weighted by Crippen LogP contribution is 2.34. The molecule has 0 aliphatic rings. The first-order chi connectivity index (χ1) is 13.0. The lowest BCUT2D eigenvalue weighted by Gasteiger charge is -2.18. The fraction of sp³-hybridized carbons (Fsp3) is 0.316. The maximum Gasteiger partial charge on any atom is 0.244 e. The van der Waals surface area contributed by atoms with Crippen LogP contribution in [0.25, 0.3) is 0 Å². The van der Waals surface area contributed by atoms with Crippen LogP contribution in [0.3, 0.4) is 0 Å². The van der Waals surface area contributed by atoms with Crippen LogP contribution in [-0.4, -0.2) is 38.0 Å². The quantitative estimate of drug-likeness (QED) is 0.680. The highest BCUT2D eigenvalue weighted by molar-refractivity contribution is 8.00. The van der Waals surface area contributed by atoms with Crippen molar-refractivity contribution in [2.75, 3.05) is 19.4 Å². The van der Waals surface area contributed by atoms with E-state index in [0.29, 0.717) is 11.3 Å². The van der Waals surface area contributed by atoms with Crippen molar-refractivity contribution in [1.82, 2.24) is 4.31 Å². The lowest BCUT2D eigenvalue weighted by Crippen LogP contribution is -2.25. The molecule has 2 atom stereocenters. The average Bonchev–Trinajstić information content (AvgIpc) is 2.63. The Balaban J connectivity index is 2.13. The van der Waals surface area contributed by atoms with Crippen LogP contribution in [0.5, 0.6) is 0 Å². The SMILES string of the molecule is CC(SC(C)c1ccccc1F)C(=O)Nc1ccc(Cl)c(S(=O)(=O)N(C)C)c1. The van der Waals surface area contributed by atoms with Crippen LogP contribution in [0.4, 0.5) is 10.1 Å². The van der Waals surface area contributed by atoms with Crippen molar-refractivity contribution < 1.29 is 17.6 Å². The normalized spacial score (nSPS) is 14.0. The molecule has 0 radical (unpaired) electrons. The summed E-state index contributed by atoms with van der Waals surface area (Å²) < 4.78 is 39.7. The Morgan fingerprint density at radius 1 is 1.18 bits per heavy atom. The van der Waals surface area contributed by atoms with Crippen LogP contribution in [0.1, 0.15) is 24.7 Å². The third-order valence-electron chi connectivity index (χ3n) is 4.08. The van der Waals surface area contributed by atoms with Crippen molar-refractivity contribution >= 4 is 45.0 Å². The Bertz CT molecular complexity index is 967. The third kappa shape index (κ3) is 5.26. The molecule has 0 saturated heterocycles. The molecule has 0 aliphatic carbocycles. The zero-order chi connectivity index (χ0) is 21.1. The molecule has 5 nitrogen and oxygen atoms in total. The Kier molecular flexibility index (Phi) is 7.50. The molecule has 0 bridgehead atoms. The highest BCUT2D eigenvalue weighted by Gasteiger charge is 2.23. The van der Waals surface area contributed by atoms with Crippen LogP contribution in [0.15, 0.2) is 47.4 Å². The van der Waals surface area contributed by atoms with E-state index in [4.69, 9.17) is 11.6 Å². The first-order valence-electron chi connectivity index (χ1n) is 8.47. The van der Waals surface area contributed by atoms with Crippen molar-refractivity contribution in [3.63, 3.8) is 0 Å². The van der Waals surface area contributed by atoms with E-state index in [-0.39, 0.29) is 26.9 Å². The molecule has 1 N–H and O–H groups in total. The minimum atomic E-state index is -3.74. The van der Waals surface area contributed by atoms with E-state index in [1.165, 1.54) is 50.1 Å². The minimum absolute atomic E-state index is 0.0716. The molecule has 2 aromatic carbocycles. The van der Waals surface area contributed by atoms with Crippen LogP contribution >= 0.6 is 23.4 Å². The molecule has 152 valence electrons. The number of benzene rings is 2. The fourth-order valence-electron chi connectivity index (χ4n) is 2.47. The van der Waals surface area contributed by atoms with Crippen molar-refractivity contribution in [2.45, 2.75) is 29.2 Å². The van der Waals surface area contributed by atoms with Gasteiger partial charge in [0, 0.05) is 30.6 Å². The van der Waals surface area contributed by atoms with E-state index in [1.54, 1.807) is 25.1 Å². The summed E-state index contributed by atoms with van der Waals surface area (Å²) in [4.78, 5) is 12.4. The molecule has 0 fully saturated rings. The predicted octanol–water partition coefficient (Wildman–Crippen LogP) is 4.55. The molecule has 2 aromatic rings. The Morgan fingerprint density at radius 3 is 2.43 bits per heavy atom. The molecule has 9 heteroatoms. The summed E-state index contributed by atoms with van der Waals surface area (Å²) in [6.45, 7) is 3.54. The minimum Gasteiger partial charge on any atom is -0.325 e. The maximum atomic E-state index is 13.9. The first-order valence-corrected chi connectivity index (χ1v) is 11.2. The van der Waals surface area contributed by atoms with E-state index < -0.39 is 15.3 Å². The van der Waals surface area contributed by atoms with Crippen LogP contribution in [0, 0.1) is 5.82 Å². The van der Waals surface area contributed by atoms with Gasteiger partial charge in [-0.05, 0) is 38.1 Å². The second-order valence-electron chi connectivity index (χ2n) is 6.36. The van der Waals surface area contributed by atoms with Crippen LogP contribution in [-0.2, 0) is 14.8 Å². The zero-order valence-electron chi connectivity index (χ0n) is 15.9. The Hall–Kier alpha value is -1.61. The second-order valence-corrected chi connectivity index (χ2v) is 10.6. The molecule has 0 aromatic heterocycles. The standard InChI is InChI=1S/C19H22ClFN2O3S2/c1-12(15-7-5-6-8-17(15)21)27-13(2)19(24)22-14-9-10-16(20)18(11-14)28(25,26)23(3)4/h5-13H,1-4H3,(H,22,24). The largest absolute Gasteiger partial charge is 0.325 e. The number of halogens is 2. The van der Waals surface area contributed by atoms with Gasteiger partial charge in [0.25, 0.3) is 0 Å². The highest BCUT2D eigenvalue weighted by atomic mass is 35.5. The summed E-state index contributed by atoms with van der Waals surface area (Å²) in [5.74, 6) is -0.630. The van der Waals surface area contributed by atoms with Gasteiger partial charge in [0.1, 0.15) is 10.7 Å². The van der Waals surface area contributed by atoms with E-state index in [1.807, 2.05) is 6.92 Å². The summed E-state index contributed by atoms with van der Waals surface area (Å²) >= 11 is 7.32. The molecule has 2 unspecified atom stereocenters. The molecule has 0 spiro atoms. The molecule has 1 amide bonds. The van der Waals surface area contributed by atoms with Gasteiger partial charge < -0.3 is 5.32 Å². The van der Waals surface area contributed by atoms with Gasteiger partial charge in [-0.2, -0.15) is 0 Å². The Labute approximate surface area is 174 Å². The zero-order valence-corrected chi connectivity index (χ0v) is 18.3. The fourth-order valence-corrected chi connectivity index (χ4v) is 4.99. The van der Waals surface area contributed by atoms with Gasteiger partial charge in [-0.3, -0.25) is 4.79 Å². The summed E-state index contributed by atoms with van der Waals surface area (Å²) in [7, 11) is -0.938. The number of nitrogens with zero attached hydrogens (tertiary/aromatic N) is 1. The summed E-state index contributed by atoms with van der Waals surface area (Å²) in [5, 5.41) is 2.06. The second kappa shape index (κ2) is 9.26. The van der Waals surface area contributed by atoms with E-state index in [2.05, 4.69) is 5.32 Å². The van der Waals surface area contributed by atoms with Gasteiger partial charge in [-0.15, -0.1) is 11.8 Å². The summed E-state index contributed by atoms with van der Waals surface area (Å²) in [5.41, 5.74) is 0.846. The van der Waals surface area contributed by atoms with Crippen molar-refractivity contribution in [1.29, 1.82) is 0 Å². The van der Waals surface area contributed by atoms with Gasteiger partial charge in [-0.25, -0.2) is 17.1 Å². The van der Waals surface area contributed by atoms with Crippen LogP contribution < -0.4 is 5.32 Å². The van der Waals surface area contributed by atoms with Gasteiger partial charge in [-0.1, -0.05) is 29.8 Å². The number of hydrogen-bond acceptors (Lipinski definition) is 4. The lowest BCUT2D eigenvalue weighted by molar-refractivity contribution is -0.115. The molecule has 2 rings (SSSR count). The van der Waals surface area contributed by atoms with Gasteiger partial charge in [0.15, 0.2) is 0 Å². The molecular weight excluding hydrogens is 423 g/mol. The smallest absolute Gasteiger partial charge is 0.244 e. The molecule has 0 saturated carbocycles. The predicted molar refractivity (Wildman–Crippen MR) is 113 cm³/mol. The number of amides is 1. The third-order valence-corrected chi connectivity index (χ3v) is 7.66. The van der Waals surface area contributed by atoms with Gasteiger partial charge in [0.2, 0.25) is 15.9 Å². The molecule has 28 heavy (non-hydrogen) atoms. The summed E-state index contributed by atoms with van der Waals surface area (Å²) in [6.07, 6.45) is 0. The number of rotatable bonds is 7. The number of nitrogens with one attached hydrogen (secondary N) is 1. The van der Waals surface area contributed by atoms with Gasteiger partial charge >= 0.3 is 0 Å². The lowest BCUT2D eigenvalue weighted by atomic mass is 10.1. The van der Waals surface area contributed by atoms with Crippen molar-refractivity contribution in [3.05, 3.63) is 58.9 Å². The van der Waals surface area contributed by atoms with Crippen molar-refractivity contribution in [3.8, 4) is 0 Å². The van der Waals surface area contributed by atoms with E-state index in [0.717, 1.165) is 4.31 Å². The number of carbonyl (C=O) groups is 1. The maximum absolute atomic E-state index is 13.9. The number of anilines is 1. The molecule has 0 heterocycles. The van der Waals surface area contributed by atoms with E-state index in [9.17, 15) is 17.6 Å². The van der Waals surface area contributed by atoms with Crippen molar-refractivity contribution in [2.24, 2.45) is 0 Å².